The predicted molar refractivity (Wildman–Crippen MR) is 27.9 cm³/mol. The fourth-order valence-corrected chi connectivity index (χ4v) is 0.397. The maximum Gasteiger partial charge on any atom is 0.430 e. The van der Waals surface area contributed by atoms with Crippen LogP contribution in [0.15, 0.2) is 0 Å². The molecule has 8 heteroatoms. The third kappa shape index (κ3) is 5.34. The molecule has 0 amide bonds. The fraction of sp³-hybridized carbons (Fsp3) is 0.800. The lowest BCUT2D eigenvalue weighted by Gasteiger charge is -2.20. The van der Waals surface area contributed by atoms with Crippen molar-refractivity contribution in [2.45, 2.75) is 12.6 Å². The zero-order chi connectivity index (χ0) is 10.7. The molecule has 0 bridgehead atoms. The molecule has 0 spiro atoms. The third-order valence-corrected chi connectivity index (χ3v) is 1.20. The molecule has 1 aliphatic heterocycles. The molecule has 1 heterocycles. The van der Waals surface area contributed by atoms with E-state index >= 15 is 0 Å². The summed E-state index contributed by atoms with van der Waals surface area (Å²) < 4.78 is 54.5. The van der Waals surface area contributed by atoms with E-state index in [1.807, 2.05) is 0 Å². The van der Waals surface area contributed by atoms with Crippen molar-refractivity contribution < 1.29 is 37.0 Å². The van der Waals surface area contributed by atoms with Crippen molar-refractivity contribution in [1.82, 2.24) is 0 Å². The summed E-state index contributed by atoms with van der Waals surface area (Å²) in [6.45, 7) is 0.111. The van der Waals surface area contributed by atoms with Gasteiger partial charge in [-0.05, 0) is 0 Å². The van der Waals surface area contributed by atoms with Gasteiger partial charge in [0.25, 0.3) is 0 Å². The number of aliphatic carboxylic acids is 1. The molecule has 0 aromatic heterocycles. The van der Waals surface area contributed by atoms with Gasteiger partial charge in [-0.25, -0.2) is 0 Å². The molecule has 78 valence electrons. The Labute approximate surface area is 69.8 Å². The lowest BCUT2D eigenvalue weighted by molar-refractivity contribution is -1.19. The van der Waals surface area contributed by atoms with Crippen molar-refractivity contribution in [2.24, 2.45) is 0 Å². The summed E-state index contributed by atoms with van der Waals surface area (Å²) in [7, 11) is 0. The number of halogens is 5. The number of quaternary nitrogens is 1. The van der Waals surface area contributed by atoms with Gasteiger partial charge in [0.1, 0.15) is 5.97 Å². The largest absolute Gasteiger partial charge is 0.542 e. The first-order valence-electron chi connectivity index (χ1n) is 3.20. The van der Waals surface area contributed by atoms with Gasteiger partial charge in [-0.2, -0.15) is 13.2 Å². The van der Waals surface area contributed by atoms with Crippen LogP contribution in [0.2, 0.25) is 0 Å². The quantitative estimate of drug-likeness (QED) is 0.422. The summed E-state index contributed by atoms with van der Waals surface area (Å²) in [5.41, 5.74) is 0. The number of nitrogens with zero attached hydrogens (tertiary/aromatic N) is 1. The van der Waals surface area contributed by atoms with Crippen LogP contribution in [0.4, 0.5) is 22.1 Å². The Balaban J connectivity index is 0.000000223. The SMILES string of the molecule is F[N+]1(F)CCC1.O=C([O-])C(F)(F)F. The van der Waals surface area contributed by atoms with Gasteiger partial charge in [-0.3, -0.25) is 0 Å². The van der Waals surface area contributed by atoms with Crippen molar-refractivity contribution in [1.29, 1.82) is 0 Å². The first-order valence-corrected chi connectivity index (χ1v) is 3.20. The average Bonchev–Trinajstić information content (AvgIpc) is 1.83. The van der Waals surface area contributed by atoms with Crippen molar-refractivity contribution in [3.63, 3.8) is 0 Å². The van der Waals surface area contributed by atoms with E-state index < -0.39 is 17.1 Å². The van der Waals surface area contributed by atoms with Crippen LogP contribution >= 0.6 is 0 Å². The Morgan fingerprint density at radius 2 is 1.46 bits per heavy atom. The van der Waals surface area contributed by atoms with Gasteiger partial charge in [0.2, 0.25) is 0 Å². The van der Waals surface area contributed by atoms with E-state index in [4.69, 9.17) is 9.90 Å². The van der Waals surface area contributed by atoms with Crippen molar-refractivity contribution >= 4 is 5.97 Å². The van der Waals surface area contributed by atoms with Crippen LogP contribution in [0, 0.1) is 0 Å². The van der Waals surface area contributed by atoms with Crippen molar-refractivity contribution in [2.75, 3.05) is 13.1 Å². The molecule has 0 aliphatic carbocycles. The maximum absolute atomic E-state index is 11.5. The van der Waals surface area contributed by atoms with Gasteiger partial charge in [0.05, 0.1) is 11.3 Å². The monoisotopic (exact) mass is 207 g/mol. The lowest BCUT2D eigenvalue weighted by atomic mass is 10.3. The topological polar surface area (TPSA) is 40.1 Å². The summed E-state index contributed by atoms with van der Waals surface area (Å²) in [6.07, 6.45) is -4.51. The second kappa shape index (κ2) is 3.86. The highest BCUT2D eigenvalue weighted by Crippen LogP contribution is 2.20. The predicted octanol–water partition coefficient (Wildman–Crippen LogP) is 0.274. The summed E-state index contributed by atoms with van der Waals surface area (Å²) in [5, 5.41) is 8.78. The molecule has 3 nitrogen and oxygen atoms in total. The molecule has 1 saturated heterocycles. The molecule has 0 radical (unpaired) electrons. The van der Waals surface area contributed by atoms with E-state index in [2.05, 4.69) is 0 Å². The normalized spacial score (nSPS) is 19.5. The summed E-state index contributed by atoms with van der Waals surface area (Å²) >= 11 is 0. The number of hydrogen-bond donors (Lipinski definition) is 0. The maximum atomic E-state index is 11.5. The minimum Gasteiger partial charge on any atom is -0.542 e. The average molecular weight is 207 g/mol. The zero-order valence-corrected chi connectivity index (χ0v) is 6.27. The molecule has 13 heavy (non-hydrogen) atoms. The number of alkyl halides is 3. The first-order chi connectivity index (χ1) is 5.65. The standard InChI is InChI=1S/C3H6F2N.C2HF3O2/c4-6(5)2-1-3-6;3-2(4,5)1(6)7/h1-3H2;(H,6,7)/q+1;/p-1. The molecule has 0 aromatic carbocycles. The molecule has 1 fully saturated rings. The first kappa shape index (κ1) is 12.1. The van der Waals surface area contributed by atoms with Crippen molar-refractivity contribution in [3.8, 4) is 0 Å². The van der Waals surface area contributed by atoms with E-state index in [9.17, 15) is 22.1 Å². The van der Waals surface area contributed by atoms with Gasteiger partial charge >= 0.3 is 6.18 Å². The Hall–Kier alpha value is -0.920. The van der Waals surface area contributed by atoms with E-state index in [-0.39, 0.29) is 13.1 Å². The molecular weight excluding hydrogens is 201 g/mol. The van der Waals surface area contributed by atoms with Gasteiger partial charge in [0, 0.05) is 8.96 Å². The fourth-order valence-electron chi connectivity index (χ4n) is 0.397. The Morgan fingerprint density at radius 3 is 1.46 bits per heavy atom. The summed E-state index contributed by atoms with van der Waals surface area (Å²) in [4.78, 5) is 7.03. The van der Waals surface area contributed by atoms with E-state index in [0.29, 0.717) is 6.42 Å². The Kier molecular flexibility index (Phi) is 3.59. The second-order valence-corrected chi connectivity index (χ2v) is 2.35. The van der Waals surface area contributed by atoms with Crippen LogP contribution in [-0.2, 0) is 4.79 Å². The molecule has 0 unspecified atom stereocenters. The van der Waals surface area contributed by atoms with E-state index in [0.717, 1.165) is 0 Å². The smallest absolute Gasteiger partial charge is 0.430 e. The highest BCUT2D eigenvalue weighted by atomic mass is 19.4. The number of carbonyl (C=O) groups is 1. The highest BCUT2D eigenvalue weighted by molar-refractivity contribution is 5.70. The van der Waals surface area contributed by atoms with Crippen LogP contribution in [0.3, 0.4) is 0 Å². The zero-order valence-electron chi connectivity index (χ0n) is 6.27. The Morgan fingerprint density at radius 1 is 1.23 bits per heavy atom. The third-order valence-electron chi connectivity index (χ3n) is 1.20. The number of rotatable bonds is 0. The highest BCUT2D eigenvalue weighted by Gasteiger charge is 2.38. The number of carboxylic acids is 1. The summed E-state index contributed by atoms with van der Waals surface area (Å²) in [6, 6.07) is 0. The van der Waals surface area contributed by atoms with Gasteiger partial charge < -0.3 is 9.90 Å². The molecule has 0 aromatic rings. The lowest BCUT2D eigenvalue weighted by Crippen LogP contribution is -2.43. The minimum absolute atomic E-state index is 0.0556. The van der Waals surface area contributed by atoms with Crippen LogP contribution in [0.1, 0.15) is 6.42 Å². The van der Waals surface area contributed by atoms with Crippen LogP contribution < -0.4 is 5.11 Å². The summed E-state index contributed by atoms with van der Waals surface area (Å²) in [5.74, 6) is -3.01. The Bertz CT molecular complexity index is 184. The molecule has 0 N–H and O–H groups in total. The van der Waals surface area contributed by atoms with Gasteiger partial charge in [-0.15, -0.1) is 0 Å². The van der Waals surface area contributed by atoms with Gasteiger partial charge in [0.15, 0.2) is 13.1 Å². The number of carbonyl (C=O) groups excluding carboxylic acids is 1. The van der Waals surface area contributed by atoms with Crippen LogP contribution in [0.25, 0.3) is 0 Å². The molecular formula is C5H6F5NO2. The van der Waals surface area contributed by atoms with Crippen molar-refractivity contribution in [3.05, 3.63) is 0 Å². The molecule has 1 rings (SSSR count). The van der Waals surface area contributed by atoms with Gasteiger partial charge in [-0.1, -0.05) is 0 Å². The van der Waals surface area contributed by atoms with Crippen LogP contribution in [0.5, 0.6) is 0 Å². The molecule has 1 aliphatic rings. The molecule has 0 saturated carbocycles. The number of carboxylic acid groups (broad SMARTS) is 1. The van der Waals surface area contributed by atoms with E-state index in [1.54, 1.807) is 0 Å². The second-order valence-electron chi connectivity index (χ2n) is 2.35. The van der Waals surface area contributed by atoms with E-state index in [1.165, 1.54) is 0 Å². The van der Waals surface area contributed by atoms with Crippen LogP contribution in [-0.4, -0.2) is 30.2 Å². The number of hydrogen-bond acceptors (Lipinski definition) is 2. The minimum atomic E-state index is -5.19. The molecule has 0 atom stereocenters.